The van der Waals surface area contributed by atoms with Crippen LogP contribution in [-0.4, -0.2) is 18.1 Å². The second-order valence-corrected chi connectivity index (χ2v) is 4.24. The fraction of sp³-hybridized carbons (Fsp3) is 0.500. The van der Waals surface area contributed by atoms with Crippen molar-refractivity contribution in [1.82, 2.24) is 5.32 Å². The highest BCUT2D eigenvalue weighted by Gasteiger charge is 2.17. The molecule has 100 valence electrons. The maximum Gasteiger partial charge on any atom is 0.260 e. The van der Waals surface area contributed by atoms with Gasteiger partial charge in [0.05, 0.1) is 0 Å². The van der Waals surface area contributed by atoms with Gasteiger partial charge in [-0.15, -0.1) is 0 Å². The van der Waals surface area contributed by atoms with Crippen molar-refractivity contribution in [2.24, 2.45) is 0 Å². The molecule has 1 amide bonds. The summed E-state index contributed by atoms with van der Waals surface area (Å²) < 4.78 is 18.2. The van der Waals surface area contributed by atoms with Gasteiger partial charge < -0.3 is 10.1 Å². The zero-order chi connectivity index (χ0) is 13.5. The second-order valence-electron chi connectivity index (χ2n) is 4.24. The van der Waals surface area contributed by atoms with Gasteiger partial charge in [-0.25, -0.2) is 4.39 Å². The van der Waals surface area contributed by atoms with E-state index >= 15 is 0 Å². The number of hydrogen-bond donors (Lipinski definition) is 1. The molecule has 0 aromatic heterocycles. The zero-order valence-corrected chi connectivity index (χ0v) is 11.1. The Labute approximate surface area is 107 Å². The van der Waals surface area contributed by atoms with Crippen LogP contribution >= 0.6 is 0 Å². The van der Waals surface area contributed by atoms with Crippen LogP contribution in [0.15, 0.2) is 24.3 Å². The van der Waals surface area contributed by atoms with Crippen LogP contribution < -0.4 is 10.1 Å². The lowest BCUT2D eigenvalue weighted by Crippen LogP contribution is -2.42. The number of ether oxygens (including phenoxy) is 1. The van der Waals surface area contributed by atoms with E-state index in [-0.39, 0.29) is 17.8 Å². The predicted molar refractivity (Wildman–Crippen MR) is 69.0 cm³/mol. The fourth-order valence-corrected chi connectivity index (χ4v) is 1.58. The first kappa shape index (κ1) is 14.5. The van der Waals surface area contributed by atoms with E-state index < -0.39 is 6.10 Å². The number of carbonyl (C=O) groups excluding carboxylic acids is 1. The van der Waals surface area contributed by atoms with Crippen LogP contribution in [0.3, 0.4) is 0 Å². The van der Waals surface area contributed by atoms with E-state index in [2.05, 4.69) is 5.32 Å². The molecule has 0 aliphatic carbocycles. The van der Waals surface area contributed by atoms with Crippen LogP contribution in [0.25, 0.3) is 0 Å². The molecule has 0 spiro atoms. The monoisotopic (exact) mass is 253 g/mol. The van der Waals surface area contributed by atoms with Gasteiger partial charge in [-0.1, -0.05) is 13.8 Å². The minimum atomic E-state index is -0.587. The second kappa shape index (κ2) is 6.99. The Bertz CT molecular complexity index is 374. The van der Waals surface area contributed by atoms with Crippen LogP contribution in [0.1, 0.15) is 33.6 Å². The van der Waals surface area contributed by atoms with Crippen molar-refractivity contribution in [1.29, 1.82) is 0 Å². The van der Waals surface area contributed by atoms with Crippen LogP contribution in [0.5, 0.6) is 5.75 Å². The molecule has 0 aliphatic heterocycles. The van der Waals surface area contributed by atoms with Crippen LogP contribution in [0.2, 0.25) is 0 Å². The average Bonchev–Trinajstić information content (AvgIpc) is 2.38. The average molecular weight is 253 g/mol. The van der Waals surface area contributed by atoms with Gasteiger partial charge in [0.1, 0.15) is 11.6 Å². The molecule has 0 heterocycles. The summed E-state index contributed by atoms with van der Waals surface area (Å²) in [5, 5.41) is 2.91. The van der Waals surface area contributed by atoms with Crippen molar-refractivity contribution in [2.45, 2.75) is 45.8 Å². The largest absolute Gasteiger partial charge is 0.481 e. The van der Waals surface area contributed by atoms with E-state index in [4.69, 9.17) is 4.74 Å². The fourth-order valence-electron chi connectivity index (χ4n) is 1.58. The Hall–Kier alpha value is -1.58. The van der Waals surface area contributed by atoms with Gasteiger partial charge in [-0.2, -0.15) is 0 Å². The van der Waals surface area contributed by atoms with Gasteiger partial charge in [0.2, 0.25) is 0 Å². The number of nitrogens with one attached hydrogen (secondary N) is 1. The summed E-state index contributed by atoms with van der Waals surface area (Å²) in [4.78, 5) is 11.8. The molecular formula is C14H20FNO2. The lowest BCUT2D eigenvalue weighted by Gasteiger charge is -2.19. The molecule has 18 heavy (non-hydrogen) atoms. The molecule has 1 atom stereocenters. The predicted octanol–water partition coefficient (Wildman–Crippen LogP) is 2.90. The summed E-state index contributed by atoms with van der Waals surface area (Å²) in [7, 11) is 0. The van der Waals surface area contributed by atoms with E-state index in [0.717, 1.165) is 12.8 Å². The summed E-state index contributed by atoms with van der Waals surface area (Å²) in [5.74, 6) is 0.0214. The Morgan fingerprint density at radius 1 is 1.28 bits per heavy atom. The van der Waals surface area contributed by atoms with Crippen LogP contribution in [0.4, 0.5) is 4.39 Å². The highest BCUT2D eigenvalue weighted by Crippen LogP contribution is 2.13. The molecule has 1 aromatic carbocycles. The van der Waals surface area contributed by atoms with Crippen LogP contribution in [-0.2, 0) is 4.79 Å². The summed E-state index contributed by atoms with van der Waals surface area (Å²) in [5.41, 5.74) is 0. The molecule has 1 rings (SSSR count). The van der Waals surface area contributed by atoms with E-state index in [1.165, 1.54) is 24.3 Å². The summed E-state index contributed by atoms with van der Waals surface area (Å²) >= 11 is 0. The van der Waals surface area contributed by atoms with E-state index in [9.17, 15) is 9.18 Å². The molecule has 1 aromatic rings. The Balaban J connectivity index is 2.51. The lowest BCUT2D eigenvalue weighted by atomic mass is 10.1. The number of benzene rings is 1. The molecule has 3 nitrogen and oxygen atoms in total. The van der Waals surface area contributed by atoms with E-state index in [1.807, 2.05) is 13.8 Å². The lowest BCUT2D eigenvalue weighted by molar-refractivity contribution is -0.128. The van der Waals surface area contributed by atoms with Crippen molar-refractivity contribution < 1.29 is 13.9 Å². The van der Waals surface area contributed by atoms with Gasteiger partial charge in [0, 0.05) is 6.04 Å². The van der Waals surface area contributed by atoms with Crippen molar-refractivity contribution in [3.05, 3.63) is 30.1 Å². The molecule has 1 N–H and O–H groups in total. The van der Waals surface area contributed by atoms with Crippen molar-refractivity contribution in [3.63, 3.8) is 0 Å². The minimum Gasteiger partial charge on any atom is -0.481 e. The van der Waals surface area contributed by atoms with Crippen LogP contribution in [0, 0.1) is 5.82 Å². The highest BCUT2D eigenvalue weighted by atomic mass is 19.1. The van der Waals surface area contributed by atoms with Gasteiger partial charge in [-0.3, -0.25) is 4.79 Å². The Morgan fingerprint density at radius 3 is 2.33 bits per heavy atom. The molecule has 0 aliphatic rings. The summed E-state index contributed by atoms with van der Waals surface area (Å²) in [6.07, 6.45) is 1.20. The molecule has 0 saturated carbocycles. The van der Waals surface area contributed by atoms with Gasteiger partial charge in [0.15, 0.2) is 6.10 Å². The molecular weight excluding hydrogens is 233 g/mol. The first-order valence-corrected chi connectivity index (χ1v) is 6.29. The highest BCUT2D eigenvalue weighted by molar-refractivity contribution is 5.80. The molecule has 0 fully saturated rings. The Morgan fingerprint density at radius 2 is 1.83 bits per heavy atom. The van der Waals surface area contributed by atoms with Crippen molar-refractivity contribution in [2.75, 3.05) is 0 Å². The summed E-state index contributed by atoms with van der Waals surface area (Å²) in [6.45, 7) is 5.74. The van der Waals surface area contributed by atoms with Crippen molar-refractivity contribution in [3.8, 4) is 5.75 Å². The number of amides is 1. The number of halogens is 1. The Kier molecular flexibility index (Phi) is 5.62. The third-order valence-corrected chi connectivity index (χ3v) is 2.83. The topological polar surface area (TPSA) is 38.3 Å². The smallest absolute Gasteiger partial charge is 0.260 e. The van der Waals surface area contributed by atoms with Gasteiger partial charge in [-0.05, 0) is 44.0 Å². The zero-order valence-electron chi connectivity index (χ0n) is 11.1. The van der Waals surface area contributed by atoms with E-state index in [1.54, 1.807) is 6.92 Å². The normalized spacial score (nSPS) is 12.3. The third kappa shape index (κ3) is 4.35. The maximum absolute atomic E-state index is 12.7. The molecule has 0 bridgehead atoms. The molecule has 4 heteroatoms. The molecule has 0 unspecified atom stereocenters. The standard InChI is InChI=1S/C14H20FNO2/c1-4-12(5-2)16-14(17)10(3)18-13-8-6-11(15)7-9-13/h6-10,12H,4-5H2,1-3H3,(H,16,17)/t10-/m1/s1. The first-order chi connectivity index (χ1) is 8.56. The summed E-state index contributed by atoms with van der Waals surface area (Å²) in [6, 6.07) is 5.81. The first-order valence-electron chi connectivity index (χ1n) is 6.29. The molecule has 0 radical (unpaired) electrons. The number of rotatable bonds is 6. The number of hydrogen-bond acceptors (Lipinski definition) is 2. The van der Waals surface area contributed by atoms with Gasteiger partial charge in [0.25, 0.3) is 5.91 Å². The van der Waals surface area contributed by atoms with Crippen molar-refractivity contribution >= 4 is 5.91 Å². The maximum atomic E-state index is 12.7. The molecule has 0 saturated heterocycles. The minimum absolute atomic E-state index is 0.145. The quantitative estimate of drug-likeness (QED) is 0.846. The van der Waals surface area contributed by atoms with Gasteiger partial charge >= 0.3 is 0 Å². The van der Waals surface area contributed by atoms with E-state index in [0.29, 0.717) is 5.75 Å². The SMILES string of the molecule is CCC(CC)NC(=O)[C@@H](C)Oc1ccc(F)cc1. The number of carbonyl (C=O) groups is 1. The third-order valence-electron chi connectivity index (χ3n) is 2.83.